The third-order valence-electron chi connectivity index (χ3n) is 6.82. The molecule has 2 unspecified atom stereocenters. The van der Waals surface area contributed by atoms with Gasteiger partial charge in [-0.05, 0) is 68.5 Å². The Balaban J connectivity index is 1.44. The molecule has 1 fully saturated rings. The topological polar surface area (TPSA) is 70.7 Å². The number of anilines is 1. The van der Waals surface area contributed by atoms with E-state index >= 15 is 0 Å². The zero-order valence-electron chi connectivity index (χ0n) is 21.9. The maximum atomic E-state index is 13.4. The van der Waals surface area contributed by atoms with E-state index in [0.717, 1.165) is 49.1 Å². The number of amides is 3. The number of nitrogens with zero attached hydrogens (tertiary/aromatic N) is 1. The molecule has 3 aromatic rings. The Kier molecular flexibility index (Phi) is 9.49. The Bertz CT molecular complexity index is 1290. The smallest absolute Gasteiger partial charge is 0.315 e. The summed E-state index contributed by atoms with van der Waals surface area (Å²) in [5.41, 5.74) is 4.92. The number of para-hydroxylation sites is 1. The molecule has 2 atom stereocenters. The highest BCUT2D eigenvalue weighted by Crippen LogP contribution is 2.32. The largest absolute Gasteiger partial charge is 0.489 e. The van der Waals surface area contributed by atoms with Gasteiger partial charge in [-0.1, -0.05) is 75.2 Å². The lowest BCUT2D eigenvalue weighted by Crippen LogP contribution is -2.55. The van der Waals surface area contributed by atoms with Crippen molar-refractivity contribution >= 4 is 49.5 Å². The first-order valence-corrected chi connectivity index (χ1v) is 14.5. The number of hydrogen-bond acceptors (Lipinski definition) is 3. The Morgan fingerprint density at radius 3 is 2.47 bits per heavy atom. The second kappa shape index (κ2) is 12.8. The number of hydrogen-bond donors (Lipinski definition) is 2. The predicted octanol–water partition coefficient (Wildman–Crippen LogP) is 7.35. The molecule has 8 heteroatoms. The molecular formula is C30H33Br2N3O3. The van der Waals surface area contributed by atoms with Gasteiger partial charge in [-0.3, -0.25) is 4.79 Å². The Hall–Kier alpha value is -2.84. The van der Waals surface area contributed by atoms with Gasteiger partial charge in [-0.2, -0.15) is 0 Å². The Labute approximate surface area is 241 Å². The van der Waals surface area contributed by atoms with Crippen LogP contribution in [0.1, 0.15) is 54.5 Å². The maximum absolute atomic E-state index is 13.4. The van der Waals surface area contributed by atoms with Gasteiger partial charge in [0.25, 0.3) is 0 Å². The summed E-state index contributed by atoms with van der Waals surface area (Å²) in [7, 11) is 0. The summed E-state index contributed by atoms with van der Waals surface area (Å²) in [6.07, 6.45) is 2.10. The molecule has 1 aliphatic heterocycles. The molecule has 1 saturated heterocycles. The summed E-state index contributed by atoms with van der Waals surface area (Å²) in [5.74, 6) is 0.640. The van der Waals surface area contributed by atoms with E-state index in [9.17, 15) is 9.59 Å². The van der Waals surface area contributed by atoms with Crippen molar-refractivity contribution < 1.29 is 14.3 Å². The lowest BCUT2D eigenvalue weighted by atomic mass is 10.0. The summed E-state index contributed by atoms with van der Waals surface area (Å²) in [4.78, 5) is 28.3. The number of urea groups is 1. The van der Waals surface area contributed by atoms with Gasteiger partial charge in [0.1, 0.15) is 18.4 Å². The van der Waals surface area contributed by atoms with Crippen molar-refractivity contribution in [1.29, 1.82) is 0 Å². The van der Waals surface area contributed by atoms with Crippen LogP contribution in [-0.2, 0) is 11.4 Å². The first-order chi connectivity index (χ1) is 18.3. The minimum absolute atomic E-state index is 0.0786. The standard InChI is InChI=1S/C30H33Br2N3O3/c1-4-25(23-11-6-8-14-27(23)38-18-21-10-5-7-12-24(21)32)33-30(37)34-26-13-9-15-35(29(26)36)28-19(2)16-22(31)17-20(28)3/h5-8,10-12,14,16-17,25-26H,4,9,13,15,18H2,1-3H3,(H2,33,34,37). The molecule has 6 nitrogen and oxygen atoms in total. The van der Waals surface area contributed by atoms with Crippen LogP contribution in [0.25, 0.3) is 0 Å². The van der Waals surface area contributed by atoms with Gasteiger partial charge in [0.05, 0.1) is 6.04 Å². The van der Waals surface area contributed by atoms with E-state index in [4.69, 9.17) is 4.74 Å². The molecule has 4 rings (SSSR count). The van der Waals surface area contributed by atoms with Crippen molar-refractivity contribution in [3.05, 3.63) is 91.9 Å². The van der Waals surface area contributed by atoms with E-state index in [2.05, 4.69) is 42.5 Å². The number of nitrogens with one attached hydrogen (secondary N) is 2. The van der Waals surface area contributed by atoms with Crippen LogP contribution in [0, 0.1) is 13.8 Å². The lowest BCUT2D eigenvalue weighted by molar-refractivity contribution is -0.121. The summed E-state index contributed by atoms with van der Waals surface area (Å²) in [6.45, 7) is 7.07. The first kappa shape index (κ1) is 28.2. The van der Waals surface area contributed by atoms with Crippen LogP contribution < -0.4 is 20.3 Å². The molecule has 0 radical (unpaired) electrons. The highest BCUT2D eigenvalue weighted by atomic mass is 79.9. The fourth-order valence-corrected chi connectivity index (χ4v) is 6.07. The van der Waals surface area contributed by atoms with Gasteiger partial charge >= 0.3 is 6.03 Å². The monoisotopic (exact) mass is 641 g/mol. The van der Waals surface area contributed by atoms with Crippen molar-refractivity contribution in [2.75, 3.05) is 11.4 Å². The van der Waals surface area contributed by atoms with Crippen molar-refractivity contribution in [2.45, 2.75) is 58.7 Å². The van der Waals surface area contributed by atoms with Crippen LogP contribution in [0.5, 0.6) is 5.75 Å². The Morgan fingerprint density at radius 2 is 1.76 bits per heavy atom. The predicted molar refractivity (Wildman–Crippen MR) is 159 cm³/mol. The molecular weight excluding hydrogens is 610 g/mol. The number of aryl methyl sites for hydroxylation is 2. The second-order valence-corrected chi connectivity index (χ2v) is 11.3. The molecule has 2 N–H and O–H groups in total. The zero-order valence-corrected chi connectivity index (χ0v) is 25.1. The molecule has 0 bridgehead atoms. The molecule has 38 heavy (non-hydrogen) atoms. The van der Waals surface area contributed by atoms with Gasteiger partial charge in [0, 0.05) is 32.3 Å². The van der Waals surface area contributed by atoms with E-state index in [0.29, 0.717) is 26.0 Å². The van der Waals surface area contributed by atoms with E-state index in [1.165, 1.54) is 0 Å². The molecule has 3 aromatic carbocycles. The van der Waals surface area contributed by atoms with Crippen LogP contribution in [0.2, 0.25) is 0 Å². The van der Waals surface area contributed by atoms with Gasteiger partial charge in [0.2, 0.25) is 5.91 Å². The fourth-order valence-electron chi connectivity index (χ4n) is 4.99. The lowest BCUT2D eigenvalue weighted by Gasteiger charge is -2.35. The maximum Gasteiger partial charge on any atom is 0.315 e. The van der Waals surface area contributed by atoms with Crippen LogP contribution in [0.15, 0.2) is 69.6 Å². The van der Waals surface area contributed by atoms with Crippen molar-refractivity contribution in [3.8, 4) is 5.75 Å². The van der Waals surface area contributed by atoms with E-state index in [1.807, 2.05) is 86.3 Å². The summed E-state index contributed by atoms with van der Waals surface area (Å²) < 4.78 is 8.14. The van der Waals surface area contributed by atoms with E-state index in [1.54, 1.807) is 0 Å². The Morgan fingerprint density at radius 1 is 1.08 bits per heavy atom. The molecule has 0 aliphatic carbocycles. The van der Waals surface area contributed by atoms with Crippen LogP contribution in [0.4, 0.5) is 10.5 Å². The van der Waals surface area contributed by atoms with Crippen LogP contribution in [-0.4, -0.2) is 24.5 Å². The number of carbonyl (C=O) groups is 2. The van der Waals surface area contributed by atoms with Gasteiger partial charge in [-0.25, -0.2) is 4.79 Å². The first-order valence-electron chi connectivity index (χ1n) is 12.9. The summed E-state index contributed by atoms with van der Waals surface area (Å²) in [5, 5.41) is 6.01. The molecule has 1 aliphatic rings. The zero-order chi connectivity index (χ0) is 27.2. The van der Waals surface area contributed by atoms with Crippen LogP contribution >= 0.6 is 31.9 Å². The number of piperidine rings is 1. The number of benzene rings is 3. The third-order valence-corrected chi connectivity index (χ3v) is 8.05. The minimum Gasteiger partial charge on any atom is -0.489 e. The molecule has 0 saturated carbocycles. The molecule has 0 spiro atoms. The van der Waals surface area contributed by atoms with Crippen molar-refractivity contribution in [1.82, 2.24) is 10.6 Å². The normalized spacial score (nSPS) is 16.2. The second-order valence-electron chi connectivity index (χ2n) is 9.57. The van der Waals surface area contributed by atoms with E-state index in [-0.39, 0.29) is 18.0 Å². The summed E-state index contributed by atoms with van der Waals surface area (Å²) >= 11 is 7.10. The van der Waals surface area contributed by atoms with E-state index < -0.39 is 6.04 Å². The van der Waals surface area contributed by atoms with Crippen LogP contribution in [0.3, 0.4) is 0 Å². The van der Waals surface area contributed by atoms with Gasteiger partial charge < -0.3 is 20.3 Å². The molecule has 0 aromatic heterocycles. The SMILES string of the molecule is CCC(NC(=O)NC1CCCN(c2c(C)cc(Br)cc2C)C1=O)c1ccccc1OCc1ccccc1Br. The quantitative estimate of drug-likeness (QED) is 0.270. The highest BCUT2D eigenvalue weighted by Gasteiger charge is 2.32. The fraction of sp³-hybridized carbons (Fsp3) is 0.333. The molecule has 3 amide bonds. The number of ether oxygens (including phenoxy) is 1. The summed E-state index contributed by atoms with van der Waals surface area (Å²) in [6, 6.07) is 18.5. The van der Waals surface area contributed by atoms with Gasteiger partial charge in [0.15, 0.2) is 0 Å². The number of halogens is 2. The van der Waals surface area contributed by atoms with Crippen molar-refractivity contribution in [2.24, 2.45) is 0 Å². The molecule has 1 heterocycles. The average molecular weight is 643 g/mol. The highest BCUT2D eigenvalue weighted by molar-refractivity contribution is 9.10. The minimum atomic E-state index is -0.578. The average Bonchev–Trinajstić information content (AvgIpc) is 2.88. The molecule has 200 valence electrons. The third kappa shape index (κ3) is 6.59. The number of carbonyl (C=O) groups excluding carboxylic acids is 2. The number of rotatable bonds is 8. The van der Waals surface area contributed by atoms with Gasteiger partial charge in [-0.15, -0.1) is 0 Å². The van der Waals surface area contributed by atoms with Crippen molar-refractivity contribution in [3.63, 3.8) is 0 Å².